The van der Waals surface area contributed by atoms with Crippen LogP contribution in [0.3, 0.4) is 0 Å². The summed E-state index contributed by atoms with van der Waals surface area (Å²) < 4.78 is 24.4. The van der Waals surface area contributed by atoms with Crippen molar-refractivity contribution in [2.75, 3.05) is 26.7 Å². The third kappa shape index (κ3) is 7.12. The lowest BCUT2D eigenvalue weighted by molar-refractivity contribution is 0.0920. The molecule has 0 aromatic heterocycles. The molecule has 4 heteroatoms. The van der Waals surface area contributed by atoms with Gasteiger partial charge in [-0.15, -0.1) is 0 Å². The second-order valence-electron chi connectivity index (χ2n) is 4.56. The first kappa shape index (κ1) is 15.8. The van der Waals surface area contributed by atoms with Gasteiger partial charge in [0.1, 0.15) is 0 Å². The Morgan fingerprint density at radius 3 is 2.25 bits per heavy atom. The maximum absolute atomic E-state index is 12.2. The van der Waals surface area contributed by atoms with Crippen LogP contribution >= 0.6 is 0 Å². The normalized spacial score (nSPS) is 15.8. The van der Waals surface area contributed by atoms with Crippen LogP contribution in [0.1, 0.15) is 33.6 Å². The van der Waals surface area contributed by atoms with E-state index in [1.54, 1.807) is 11.9 Å². The lowest BCUT2D eigenvalue weighted by Gasteiger charge is -2.29. The maximum atomic E-state index is 12.2. The minimum Gasteiger partial charge on any atom is -0.312 e. The highest BCUT2D eigenvalue weighted by Gasteiger charge is 2.18. The monoisotopic (exact) mass is 236 g/mol. The first-order valence-corrected chi connectivity index (χ1v) is 6.21. The fourth-order valence-electron chi connectivity index (χ4n) is 1.71. The van der Waals surface area contributed by atoms with E-state index in [2.05, 4.69) is 26.1 Å². The van der Waals surface area contributed by atoms with E-state index in [1.807, 2.05) is 0 Å². The summed E-state index contributed by atoms with van der Waals surface area (Å²) in [7, 11) is 1.76. The van der Waals surface area contributed by atoms with Crippen molar-refractivity contribution >= 4 is 0 Å². The van der Waals surface area contributed by atoms with Crippen molar-refractivity contribution in [3.63, 3.8) is 0 Å². The Hall–Kier alpha value is -0.220. The molecule has 0 aliphatic carbocycles. The summed E-state index contributed by atoms with van der Waals surface area (Å²) in [5.41, 5.74) is 0. The summed E-state index contributed by atoms with van der Waals surface area (Å²) in [6.07, 6.45) is -0.0937. The van der Waals surface area contributed by atoms with Crippen molar-refractivity contribution in [1.29, 1.82) is 0 Å². The molecule has 0 radical (unpaired) electrons. The maximum Gasteiger partial charge on any atom is 0.251 e. The van der Waals surface area contributed by atoms with Gasteiger partial charge in [-0.1, -0.05) is 27.2 Å². The van der Waals surface area contributed by atoms with E-state index in [4.69, 9.17) is 0 Å². The third-order valence-electron chi connectivity index (χ3n) is 2.95. The molecule has 98 valence electrons. The lowest BCUT2D eigenvalue weighted by Crippen LogP contribution is -2.45. The predicted octanol–water partition coefficient (Wildman–Crippen LogP) is 2.60. The summed E-state index contributed by atoms with van der Waals surface area (Å²) >= 11 is 0. The van der Waals surface area contributed by atoms with Crippen molar-refractivity contribution in [3.8, 4) is 0 Å². The first-order chi connectivity index (χ1) is 7.51. The Bertz CT molecular complexity index is 165. The van der Waals surface area contributed by atoms with E-state index in [0.717, 1.165) is 19.4 Å². The zero-order valence-corrected chi connectivity index (χ0v) is 11.0. The number of rotatable bonds is 9. The highest BCUT2D eigenvalue weighted by Crippen LogP contribution is 2.09. The molecule has 0 saturated carbocycles. The molecule has 0 bridgehead atoms. The third-order valence-corrected chi connectivity index (χ3v) is 2.95. The molecule has 2 unspecified atom stereocenters. The lowest BCUT2D eigenvalue weighted by atomic mass is 9.98. The Kier molecular flexibility index (Phi) is 8.76. The Morgan fingerprint density at radius 1 is 1.19 bits per heavy atom. The van der Waals surface area contributed by atoms with Crippen molar-refractivity contribution in [2.45, 2.75) is 46.1 Å². The molecule has 0 heterocycles. The van der Waals surface area contributed by atoms with Gasteiger partial charge < -0.3 is 5.32 Å². The highest BCUT2D eigenvalue weighted by molar-refractivity contribution is 4.75. The second-order valence-corrected chi connectivity index (χ2v) is 4.56. The first-order valence-electron chi connectivity index (χ1n) is 6.21. The molecule has 1 N–H and O–H groups in total. The van der Waals surface area contributed by atoms with Gasteiger partial charge in [0.2, 0.25) is 0 Å². The fourth-order valence-corrected chi connectivity index (χ4v) is 1.71. The largest absolute Gasteiger partial charge is 0.312 e. The van der Waals surface area contributed by atoms with Gasteiger partial charge in [0, 0.05) is 12.6 Å². The number of nitrogens with one attached hydrogen (secondary N) is 1. The number of alkyl halides is 2. The highest BCUT2D eigenvalue weighted by atomic mass is 19.3. The molecule has 0 aliphatic rings. The minimum atomic E-state index is -2.24. The number of hydrogen-bond donors (Lipinski definition) is 1. The summed E-state index contributed by atoms with van der Waals surface area (Å²) in [6.45, 7) is 7.93. The summed E-state index contributed by atoms with van der Waals surface area (Å²) in [5.74, 6) is 0.520. The van der Waals surface area contributed by atoms with Crippen LogP contribution in [0.4, 0.5) is 8.78 Å². The van der Waals surface area contributed by atoms with E-state index in [-0.39, 0.29) is 6.54 Å². The Morgan fingerprint density at radius 2 is 1.81 bits per heavy atom. The Labute approximate surface area is 98.4 Å². The molecule has 0 aromatic rings. The topological polar surface area (TPSA) is 15.3 Å². The van der Waals surface area contributed by atoms with Crippen LogP contribution in [0.15, 0.2) is 0 Å². The van der Waals surface area contributed by atoms with Crippen LogP contribution < -0.4 is 5.32 Å². The zero-order chi connectivity index (χ0) is 12.6. The summed E-state index contributed by atoms with van der Waals surface area (Å²) in [6, 6.07) is 0.314. The van der Waals surface area contributed by atoms with E-state index >= 15 is 0 Å². The zero-order valence-electron chi connectivity index (χ0n) is 11.0. The van der Waals surface area contributed by atoms with Gasteiger partial charge in [0.15, 0.2) is 0 Å². The second kappa shape index (κ2) is 8.88. The molecule has 2 atom stereocenters. The molecular formula is C12H26F2N2. The molecule has 0 aliphatic heterocycles. The van der Waals surface area contributed by atoms with E-state index in [1.165, 1.54) is 0 Å². The molecule has 0 aromatic carbocycles. The predicted molar refractivity (Wildman–Crippen MR) is 65.0 cm³/mol. The molecule has 0 saturated heterocycles. The van der Waals surface area contributed by atoms with Gasteiger partial charge in [-0.3, -0.25) is 4.90 Å². The van der Waals surface area contributed by atoms with Crippen LogP contribution in [0.25, 0.3) is 0 Å². The van der Waals surface area contributed by atoms with Gasteiger partial charge in [-0.25, -0.2) is 8.78 Å². The molecule has 2 nitrogen and oxygen atoms in total. The summed E-state index contributed by atoms with van der Waals surface area (Å²) in [4.78, 5) is 1.71. The standard InChI is InChI=1S/C12H26F2N2/c1-5-7-15-11(10(3)6-2)8-16(4)9-12(13)14/h10-12,15H,5-9H2,1-4H3. The van der Waals surface area contributed by atoms with Gasteiger partial charge in [0.05, 0.1) is 6.54 Å². The number of halogens is 2. The van der Waals surface area contributed by atoms with Gasteiger partial charge in [0.25, 0.3) is 6.43 Å². The van der Waals surface area contributed by atoms with Crippen LogP contribution in [0.5, 0.6) is 0 Å². The van der Waals surface area contributed by atoms with Crippen LogP contribution in [-0.2, 0) is 0 Å². The van der Waals surface area contributed by atoms with Gasteiger partial charge >= 0.3 is 0 Å². The molecular weight excluding hydrogens is 210 g/mol. The van der Waals surface area contributed by atoms with Gasteiger partial charge in [-0.05, 0) is 25.9 Å². The molecule has 0 fully saturated rings. The van der Waals surface area contributed by atoms with E-state index in [0.29, 0.717) is 18.5 Å². The van der Waals surface area contributed by atoms with Crippen molar-refractivity contribution in [1.82, 2.24) is 10.2 Å². The van der Waals surface area contributed by atoms with E-state index in [9.17, 15) is 8.78 Å². The van der Waals surface area contributed by atoms with Crippen LogP contribution in [-0.4, -0.2) is 44.0 Å². The van der Waals surface area contributed by atoms with Crippen LogP contribution in [0, 0.1) is 5.92 Å². The molecule has 0 rings (SSSR count). The SMILES string of the molecule is CCCNC(CN(C)CC(F)F)C(C)CC. The van der Waals surface area contributed by atoms with Gasteiger partial charge in [-0.2, -0.15) is 0 Å². The quantitative estimate of drug-likeness (QED) is 0.662. The van der Waals surface area contributed by atoms with Crippen LogP contribution in [0.2, 0.25) is 0 Å². The Balaban J connectivity index is 4.07. The van der Waals surface area contributed by atoms with E-state index < -0.39 is 6.43 Å². The average Bonchev–Trinajstić information content (AvgIpc) is 2.21. The fraction of sp³-hybridized carbons (Fsp3) is 1.00. The van der Waals surface area contributed by atoms with Crippen molar-refractivity contribution in [2.24, 2.45) is 5.92 Å². The average molecular weight is 236 g/mol. The van der Waals surface area contributed by atoms with Crippen molar-refractivity contribution in [3.05, 3.63) is 0 Å². The molecule has 0 spiro atoms. The molecule has 0 amide bonds. The minimum absolute atomic E-state index is 0.138. The smallest absolute Gasteiger partial charge is 0.251 e. The number of hydrogen-bond acceptors (Lipinski definition) is 2. The molecule has 16 heavy (non-hydrogen) atoms. The number of nitrogens with zero attached hydrogens (tertiary/aromatic N) is 1. The van der Waals surface area contributed by atoms with Crippen molar-refractivity contribution < 1.29 is 8.78 Å². The summed E-state index contributed by atoms with van der Waals surface area (Å²) in [5, 5.41) is 3.44. The number of likely N-dealkylation sites (N-methyl/N-ethyl adjacent to an activating group) is 1.